The molecule has 0 radical (unpaired) electrons. The van der Waals surface area contributed by atoms with Gasteiger partial charge < -0.3 is 11.1 Å². The summed E-state index contributed by atoms with van der Waals surface area (Å²) in [6.07, 6.45) is 0. The normalized spacial score (nSPS) is 12.9. The molecule has 0 saturated heterocycles. The van der Waals surface area contributed by atoms with Gasteiger partial charge in [0.2, 0.25) is 0 Å². The fourth-order valence-corrected chi connectivity index (χ4v) is 1.51. The molecule has 1 atom stereocenters. The van der Waals surface area contributed by atoms with Crippen molar-refractivity contribution in [2.75, 3.05) is 13.1 Å². The van der Waals surface area contributed by atoms with Crippen molar-refractivity contribution in [2.24, 2.45) is 5.73 Å². The molecule has 1 aromatic rings. The highest BCUT2D eigenvalue weighted by Crippen LogP contribution is 2.19. The maximum absolute atomic E-state index is 13.4. The van der Waals surface area contributed by atoms with Gasteiger partial charge >= 0.3 is 0 Å². The molecule has 0 heterocycles. The minimum Gasteiger partial charge on any atom is -0.329 e. The molecule has 0 aliphatic heterocycles. The lowest BCUT2D eigenvalue weighted by molar-refractivity contribution is 0.519. The summed E-state index contributed by atoms with van der Waals surface area (Å²) in [5, 5.41) is 3.50. The van der Waals surface area contributed by atoms with Crippen molar-refractivity contribution >= 4 is 11.6 Å². The number of benzene rings is 1. The van der Waals surface area contributed by atoms with Gasteiger partial charge in [-0.1, -0.05) is 24.6 Å². The van der Waals surface area contributed by atoms with Crippen LogP contribution >= 0.6 is 11.6 Å². The SMILES string of the molecule is CCNC(CN)c1ccc(Cl)cc1F. The lowest BCUT2D eigenvalue weighted by atomic mass is 10.1. The van der Waals surface area contributed by atoms with Crippen LogP contribution in [0.25, 0.3) is 0 Å². The van der Waals surface area contributed by atoms with E-state index in [1.165, 1.54) is 6.07 Å². The summed E-state index contributed by atoms with van der Waals surface area (Å²) in [5.74, 6) is -0.311. The van der Waals surface area contributed by atoms with Crippen molar-refractivity contribution in [1.82, 2.24) is 5.32 Å². The van der Waals surface area contributed by atoms with E-state index in [1.807, 2.05) is 6.92 Å². The van der Waals surface area contributed by atoms with E-state index in [1.54, 1.807) is 12.1 Å². The monoisotopic (exact) mass is 216 g/mol. The second kappa shape index (κ2) is 5.29. The predicted molar refractivity (Wildman–Crippen MR) is 56.9 cm³/mol. The molecule has 0 fully saturated rings. The molecule has 1 rings (SSSR count). The molecule has 14 heavy (non-hydrogen) atoms. The third kappa shape index (κ3) is 2.67. The largest absolute Gasteiger partial charge is 0.329 e. The van der Waals surface area contributed by atoms with Crippen LogP contribution in [0.4, 0.5) is 4.39 Å². The van der Waals surface area contributed by atoms with E-state index >= 15 is 0 Å². The fraction of sp³-hybridized carbons (Fsp3) is 0.400. The van der Waals surface area contributed by atoms with Gasteiger partial charge in [-0.05, 0) is 18.7 Å². The van der Waals surface area contributed by atoms with E-state index in [0.29, 0.717) is 17.1 Å². The number of hydrogen-bond acceptors (Lipinski definition) is 2. The minimum absolute atomic E-state index is 0.141. The van der Waals surface area contributed by atoms with E-state index in [9.17, 15) is 4.39 Å². The smallest absolute Gasteiger partial charge is 0.129 e. The maximum Gasteiger partial charge on any atom is 0.129 e. The van der Waals surface area contributed by atoms with Crippen LogP contribution in [0.3, 0.4) is 0 Å². The Labute approximate surface area is 88.2 Å². The van der Waals surface area contributed by atoms with Gasteiger partial charge in [0.15, 0.2) is 0 Å². The molecule has 0 aliphatic carbocycles. The van der Waals surface area contributed by atoms with Crippen LogP contribution in [-0.2, 0) is 0 Å². The second-order valence-electron chi connectivity index (χ2n) is 3.01. The molecular weight excluding hydrogens is 203 g/mol. The third-order valence-corrected chi connectivity index (χ3v) is 2.26. The lowest BCUT2D eigenvalue weighted by Gasteiger charge is -2.16. The van der Waals surface area contributed by atoms with E-state index in [-0.39, 0.29) is 11.9 Å². The van der Waals surface area contributed by atoms with Crippen molar-refractivity contribution in [3.8, 4) is 0 Å². The Morgan fingerprint density at radius 3 is 2.79 bits per heavy atom. The first-order chi connectivity index (χ1) is 6.69. The Morgan fingerprint density at radius 1 is 1.57 bits per heavy atom. The van der Waals surface area contributed by atoms with Crippen molar-refractivity contribution < 1.29 is 4.39 Å². The molecule has 0 aliphatic rings. The predicted octanol–water partition coefficient (Wildman–Crippen LogP) is 2.09. The highest BCUT2D eigenvalue weighted by Gasteiger charge is 2.12. The average Bonchev–Trinajstić information content (AvgIpc) is 2.15. The zero-order valence-corrected chi connectivity index (χ0v) is 8.81. The Bertz CT molecular complexity index is 304. The standard InChI is InChI=1S/C10H14ClFN2/c1-2-14-10(6-13)8-4-3-7(11)5-9(8)12/h3-5,10,14H,2,6,13H2,1H3. The van der Waals surface area contributed by atoms with E-state index in [0.717, 1.165) is 6.54 Å². The van der Waals surface area contributed by atoms with Gasteiger partial charge in [-0.25, -0.2) is 4.39 Å². The zero-order chi connectivity index (χ0) is 10.6. The quantitative estimate of drug-likeness (QED) is 0.809. The molecule has 0 saturated carbocycles. The van der Waals surface area contributed by atoms with Gasteiger partial charge in [0.1, 0.15) is 5.82 Å². The Morgan fingerprint density at radius 2 is 2.29 bits per heavy atom. The summed E-state index contributed by atoms with van der Waals surface area (Å²) in [6, 6.07) is 4.49. The highest BCUT2D eigenvalue weighted by molar-refractivity contribution is 6.30. The maximum atomic E-state index is 13.4. The number of likely N-dealkylation sites (N-methyl/N-ethyl adjacent to an activating group) is 1. The summed E-state index contributed by atoms with van der Waals surface area (Å²) >= 11 is 5.65. The van der Waals surface area contributed by atoms with E-state index in [2.05, 4.69) is 5.32 Å². The van der Waals surface area contributed by atoms with Gasteiger partial charge in [-0.2, -0.15) is 0 Å². The second-order valence-corrected chi connectivity index (χ2v) is 3.45. The molecule has 0 amide bonds. The zero-order valence-electron chi connectivity index (χ0n) is 8.06. The topological polar surface area (TPSA) is 38.0 Å². The van der Waals surface area contributed by atoms with Crippen LogP contribution in [0.1, 0.15) is 18.5 Å². The van der Waals surface area contributed by atoms with Crippen LogP contribution in [0.2, 0.25) is 5.02 Å². The van der Waals surface area contributed by atoms with Gasteiger partial charge in [0.05, 0.1) is 0 Å². The first kappa shape index (κ1) is 11.4. The molecule has 78 valence electrons. The number of halogens is 2. The van der Waals surface area contributed by atoms with E-state index < -0.39 is 0 Å². The van der Waals surface area contributed by atoms with Crippen molar-refractivity contribution in [2.45, 2.75) is 13.0 Å². The minimum atomic E-state index is -0.311. The summed E-state index contributed by atoms with van der Waals surface area (Å²) in [5.41, 5.74) is 6.10. The molecule has 0 bridgehead atoms. The first-order valence-corrected chi connectivity index (χ1v) is 4.95. The number of nitrogens with two attached hydrogens (primary N) is 1. The number of rotatable bonds is 4. The van der Waals surface area contributed by atoms with Crippen molar-refractivity contribution in [3.63, 3.8) is 0 Å². The van der Waals surface area contributed by atoms with Crippen molar-refractivity contribution in [1.29, 1.82) is 0 Å². The fourth-order valence-electron chi connectivity index (χ4n) is 1.35. The molecule has 0 aromatic heterocycles. The molecular formula is C10H14ClFN2. The van der Waals surface area contributed by atoms with Crippen LogP contribution < -0.4 is 11.1 Å². The molecule has 1 aromatic carbocycles. The highest BCUT2D eigenvalue weighted by atomic mass is 35.5. The lowest BCUT2D eigenvalue weighted by Crippen LogP contribution is -2.28. The van der Waals surface area contributed by atoms with Crippen molar-refractivity contribution in [3.05, 3.63) is 34.6 Å². The van der Waals surface area contributed by atoms with E-state index in [4.69, 9.17) is 17.3 Å². The van der Waals surface area contributed by atoms with Crippen LogP contribution in [0.5, 0.6) is 0 Å². The average molecular weight is 217 g/mol. The van der Waals surface area contributed by atoms with Gasteiger partial charge in [-0.15, -0.1) is 0 Å². The van der Waals surface area contributed by atoms with Gasteiger partial charge in [-0.3, -0.25) is 0 Å². The summed E-state index contributed by atoms with van der Waals surface area (Å²) in [4.78, 5) is 0. The molecule has 0 spiro atoms. The van der Waals surface area contributed by atoms with Crippen LogP contribution in [-0.4, -0.2) is 13.1 Å². The summed E-state index contributed by atoms with van der Waals surface area (Å²) < 4.78 is 13.4. The number of nitrogens with one attached hydrogen (secondary N) is 1. The van der Waals surface area contributed by atoms with Crippen LogP contribution in [0.15, 0.2) is 18.2 Å². The Balaban J connectivity index is 2.92. The van der Waals surface area contributed by atoms with Gasteiger partial charge in [0, 0.05) is 23.2 Å². The van der Waals surface area contributed by atoms with Crippen LogP contribution in [0, 0.1) is 5.82 Å². The summed E-state index contributed by atoms with van der Waals surface area (Å²) in [7, 11) is 0. The molecule has 1 unspecified atom stereocenters. The Kier molecular flexibility index (Phi) is 4.32. The number of hydrogen-bond donors (Lipinski definition) is 2. The molecule has 3 N–H and O–H groups in total. The first-order valence-electron chi connectivity index (χ1n) is 4.57. The third-order valence-electron chi connectivity index (χ3n) is 2.02. The Hall–Kier alpha value is -0.640. The van der Waals surface area contributed by atoms with Gasteiger partial charge in [0.25, 0.3) is 0 Å². The summed E-state index contributed by atoms with van der Waals surface area (Å²) in [6.45, 7) is 3.08. The molecule has 4 heteroatoms. The molecule has 2 nitrogen and oxygen atoms in total.